The molecule has 174 valence electrons. The van der Waals surface area contributed by atoms with Crippen molar-refractivity contribution in [1.82, 2.24) is 5.16 Å². The molecule has 1 aliphatic heterocycles. The van der Waals surface area contributed by atoms with E-state index in [9.17, 15) is 14.7 Å². The van der Waals surface area contributed by atoms with Crippen LogP contribution in [0.1, 0.15) is 57.4 Å². The molecule has 8 heteroatoms. The van der Waals surface area contributed by atoms with Crippen molar-refractivity contribution in [3.63, 3.8) is 0 Å². The zero-order valence-corrected chi connectivity index (χ0v) is 19.0. The number of ether oxygens (including phenoxy) is 2. The van der Waals surface area contributed by atoms with Crippen molar-refractivity contribution in [2.24, 2.45) is 0 Å². The number of esters is 1. The Morgan fingerprint density at radius 1 is 1.12 bits per heavy atom. The second-order valence-corrected chi connectivity index (χ2v) is 8.53. The summed E-state index contributed by atoms with van der Waals surface area (Å²) in [6.45, 7) is 1.85. The highest BCUT2D eigenvalue weighted by atomic mass is 16.5. The zero-order valence-electron chi connectivity index (χ0n) is 19.0. The zero-order chi connectivity index (χ0) is 24.0. The SMILES string of the molecule is COC(=O)c1ccc([C@H]2C3=C(C[C@@H](c4ccc(O)c(OC)c4)CC3=O)Nc3onc(C)c32)cc1. The van der Waals surface area contributed by atoms with Gasteiger partial charge in [-0.2, -0.15) is 0 Å². The van der Waals surface area contributed by atoms with E-state index in [1.54, 1.807) is 24.3 Å². The number of anilines is 1. The number of carbonyl (C=O) groups is 2. The summed E-state index contributed by atoms with van der Waals surface area (Å²) >= 11 is 0. The molecule has 0 unspecified atom stereocenters. The van der Waals surface area contributed by atoms with Crippen LogP contribution in [-0.4, -0.2) is 36.2 Å². The number of phenolic OH excluding ortho intramolecular Hbond substituents is 1. The minimum absolute atomic E-state index is 0.0269. The van der Waals surface area contributed by atoms with Crippen LogP contribution in [0.4, 0.5) is 5.88 Å². The highest BCUT2D eigenvalue weighted by Gasteiger charge is 2.41. The first-order valence-corrected chi connectivity index (χ1v) is 11.0. The standard InChI is InChI=1S/C26H24N2O6/c1-13-22-23(14-4-6-15(7-5-14)26(31)33-3)24-18(27-25(22)34-28-13)10-17(11-20(24)30)16-8-9-19(29)21(12-16)32-2/h4-9,12,17,23,27,29H,10-11H2,1-3H3/t17-,23-/m1/s1. The summed E-state index contributed by atoms with van der Waals surface area (Å²) in [5.74, 6) is 0.126. The molecule has 0 amide bonds. The van der Waals surface area contributed by atoms with Gasteiger partial charge in [0.25, 0.3) is 0 Å². The number of rotatable bonds is 4. The van der Waals surface area contributed by atoms with Gasteiger partial charge < -0.3 is 24.4 Å². The third-order valence-electron chi connectivity index (χ3n) is 6.60. The number of hydrogen-bond acceptors (Lipinski definition) is 8. The summed E-state index contributed by atoms with van der Waals surface area (Å²) in [6, 6.07) is 12.3. The number of nitrogens with one attached hydrogen (secondary N) is 1. The molecule has 0 spiro atoms. The largest absolute Gasteiger partial charge is 0.504 e. The van der Waals surface area contributed by atoms with Gasteiger partial charge in [-0.1, -0.05) is 23.4 Å². The number of methoxy groups -OCH3 is 2. The summed E-state index contributed by atoms with van der Waals surface area (Å²) < 4.78 is 15.6. The predicted octanol–water partition coefficient (Wildman–Crippen LogP) is 4.44. The van der Waals surface area contributed by atoms with Crippen molar-refractivity contribution in [1.29, 1.82) is 0 Å². The number of fused-ring (bicyclic) bond motifs is 1. The number of carbonyl (C=O) groups excluding carboxylic acids is 2. The molecule has 1 aliphatic carbocycles. The maximum Gasteiger partial charge on any atom is 0.337 e. The molecule has 1 aromatic heterocycles. The molecule has 0 radical (unpaired) electrons. The van der Waals surface area contributed by atoms with Crippen LogP contribution >= 0.6 is 0 Å². The van der Waals surface area contributed by atoms with E-state index in [0.717, 1.165) is 22.4 Å². The monoisotopic (exact) mass is 460 g/mol. The van der Waals surface area contributed by atoms with Crippen molar-refractivity contribution < 1.29 is 28.7 Å². The summed E-state index contributed by atoms with van der Waals surface area (Å²) in [5.41, 5.74) is 5.22. The molecule has 2 aromatic carbocycles. The highest BCUT2D eigenvalue weighted by Crippen LogP contribution is 2.49. The van der Waals surface area contributed by atoms with Gasteiger partial charge in [-0.3, -0.25) is 4.79 Å². The lowest BCUT2D eigenvalue weighted by Crippen LogP contribution is -2.29. The number of nitrogens with zero attached hydrogens (tertiary/aromatic N) is 1. The number of phenols is 1. The fourth-order valence-electron chi connectivity index (χ4n) is 4.92. The third kappa shape index (κ3) is 3.51. The number of aromatic nitrogens is 1. The smallest absolute Gasteiger partial charge is 0.337 e. The first kappa shape index (κ1) is 21.8. The second-order valence-electron chi connectivity index (χ2n) is 8.53. The minimum atomic E-state index is -0.417. The van der Waals surface area contributed by atoms with E-state index >= 15 is 0 Å². The Bertz CT molecular complexity index is 1320. The van der Waals surface area contributed by atoms with Gasteiger partial charge >= 0.3 is 5.97 Å². The van der Waals surface area contributed by atoms with Gasteiger partial charge in [0.05, 0.1) is 31.0 Å². The highest BCUT2D eigenvalue weighted by molar-refractivity contribution is 6.01. The third-order valence-corrected chi connectivity index (χ3v) is 6.60. The van der Waals surface area contributed by atoms with E-state index in [2.05, 4.69) is 10.5 Å². The lowest BCUT2D eigenvalue weighted by Gasteiger charge is -2.34. The van der Waals surface area contributed by atoms with E-state index in [1.165, 1.54) is 14.2 Å². The fraction of sp³-hybridized carbons (Fsp3) is 0.269. The Morgan fingerprint density at radius 3 is 2.56 bits per heavy atom. The van der Waals surface area contributed by atoms with Crippen molar-refractivity contribution in [2.45, 2.75) is 31.6 Å². The molecular weight excluding hydrogens is 436 g/mol. The number of aromatic hydroxyl groups is 1. The van der Waals surface area contributed by atoms with E-state index in [4.69, 9.17) is 14.0 Å². The Balaban J connectivity index is 1.56. The maximum atomic E-state index is 13.6. The molecule has 34 heavy (non-hydrogen) atoms. The van der Waals surface area contributed by atoms with E-state index in [1.807, 2.05) is 25.1 Å². The van der Waals surface area contributed by atoms with Crippen molar-refractivity contribution >= 4 is 17.6 Å². The quantitative estimate of drug-likeness (QED) is 0.550. The first-order chi connectivity index (χ1) is 16.4. The van der Waals surface area contributed by atoms with Crippen LogP contribution in [0.25, 0.3) is 0 Å². The first-order valence-electron chi connectivity index (χ1n) is 11.0. The predicted molar refractivity (Wildman–Crippen MR) is 123 cm³/mol. The lowest BCUT2D eigenvalue weighted by atomic mass is 9.72. The van der Waals surface area contributed by atoms with Crippen LogP contribution < -0.4 is 10.1 Å². The molecule has 2 atom stereocenters. The van der Waals surface area contributed by atoms with Gasteiger partial charge in [-0.05, 0) is 54.7 Å². The van der Waals surface area contributed by atoms with Gasteiger partial charge in [0.2, 0.25) is 5.88 Å². The normalized spacial score (nSPS) is 19.2. The number of benzene rings is 2. The van der Waals surface area contributed by atoms with Crippen LogP contribution in [0, 0.1) is 6.92 Å². The Labute approximate surface area is 196 Å². The van der Waals surface area contributed by atoms with E-state index in [0.29, 0.717) is 41.3 Å². The molecule has 0 fully saturated rings. The van der Waals surface area contributed by atoms with Gasteiger partial charge in [0.15, 0.2) is 17.3 Å². The molecule has 8 nitrogen and oxygen atoms in total. The van der Waals surface area contributed by atoms with Crippen LogP contribution in [0.15, 0.2) is 58.3 Å². The summed E-state index contributed by atoms with van der Waals surface area (Å²) in [5, 5.41) is 17.4. The fourth-order valence-corrected chi connectivity index (χ4v) is 4.92. The van der Waals surface area contributed by atoms with Gasteiger partial charge in [-0.15, -0.1) is 0 Å². The minimum Gasteiger partial charge on any atom is -0.504 e. The molecule has 2 heterocycles. The second kappa shape index (κ2) is 8.37. The number of aryl methyl sites for hydroxylation is 1. The van der Waals surface area contributed by atoms with Crippen molar-refractivity contribution in [3.8, 4) is 11.5 Å². The molecule has 0 saturated heterocycles. The number of hydrogen-bond donors (Lipinski definition) is 2. The van der Waals surface area contributed by atoms with Gasteiger partial charge in [0, 0.05) is 23.6 Å². The Kier molecular flexibility index (Phi) is 5.36. The molecule has 2 aliphatic rings. The van der Waals surface area contributed by atoms with E-state index in [-0.39, 0.29) is 23.4 Å². The molecular formula is C26H24N2O6. The van der Waals surface area contributed by atoms with Crippen molar-refractivity contribution in [2.75, 3.05) is 19.5 Å². The lowest BCUT2D eigenvalue weighted by molar-refractivity contribution is -0.116. The average Bonchev–Trinajstić information content (AvgIpc) is 3.22. The maximum absolute atomic E-state index is 13.6. The van der Waals surface area contributed by atoms with E-state index < -0.39 is 5.97 Å². The molecule has 5 rings (SSSR count). The number of allylic oxidation sites excluding steroid dienone is 2. The topological polar surface area (TPSA) is 111 Å². The number of ketones is 1. The Hall–Kier alpha value is -4.07. The van der Waals surface area contributed by atoms with Crippen molar-refractivity contribution in [3.05, 3.63) is 81.7 Å². The van der Waals surface area contributed by atoms with Crippen LogP contribution in [0.5, 0.6) is 11.5 Å². The number of Topliss-reactive ketones (excluding diaryl/α,β-unsaturated/α-hetero) is 1. The molecule has 0 bridgehead atoms. The molecule has 2 N–H and O–H groups in total. The summed E-state index contributed by atoms with van der Waals surface area (Å²) in [7, 11) is 2.84. The molecule has 0 saturated carbocycles. The Morgan fingerprint density at radius 2 is 1.85 bits per heavy atom. The van der Waals surface area contributed by atoms with Crippen LogP contribution in [0.3, 0.4) is 0 Å². The summed E-state index contributed by atoms with van der Waals surface area (Å²) in [4.78, 5) is 25.5. The van der Waals surface area contributed by atoms with Gasteiger partial charge in [-0.25, -0.2) is 4.79 Å². The van der Waals surface area contributed by atoms with Crippen LogP contribution in [-0.2, 0) is 9.53 Å². The summed E-state index contributed by atoms with van der Waals surface area (Å²) in [6.07, 6.45) is 0.912. The van der Waals surface area contributed by atoms with Gasteiger partial charge in [0.1, 0.15) is 0 Å². The van der Waals surface area contributed by atoms with Crippen LogP contribution in [0.2, 0.25) is 0 Å². The average molecular weight is 460 g/mol. The molecule has 3 aromatic rings.